The van der Waals surface area contributed by atoms with Crippen LogP contribution in [0.25, 0.3) is 0 Å². The number of nitrogens with one attached hydrogen (secondary N) is 1. The molecule has 0 fully saturated rings. The van der Waals surface area contributed by atoms with Gasteiger partial charge >= 0.3 is 5.97 Å². The van der Waals surface area contributed by atoms with Crippen molar-refractivity contribution in [2.24, 2.45) is 0 Å². The van der Waals surface area contributed by atoms with Gasteiger partial charge < -0.3 is 10.1 Å². The Balaban J connectivity index is 1.92. The number of nitro benzene ring substituents is 1. The molecule has 0 saturated heterocycles. The molecule has 0 aliphatic heterocycles. The highest BCUT2D eigenvalue weighted by Gasteiger charge is 2.13. The highest BCUT2D eigenvalue weighted by atomic mass is 16.6. The van der Waals surface area contributed by atoms with Crippen molar-refractivity contribution in [1.82, 2.24) is 0 Å². The number of nitrogens with zero attached hydrogens (tertiary/aromatic N) is 1. The normalized spacial score (nSPS) is 10.1. The molecule has 0 atom stereocenters. The minimum absolute atomic E-state index is 0.0747. The molecule has 0 spiro atoms. The van der Waals surface area contributed by atoms with Crippen LogP contribution in [0.3, 0.4) is 0 Å². The first-order chi connectivity index (χ1) is 11.4. The second-order valence-electron chi connectivity index (χ2n) is 5.25. The zero-order chi connectivity index (χ0) is 17.7. The molecule has 0 aliphatic rings. The van der Waals surface area contributed by atoms with Crippen molar-refractivity contribution in [2.75, 3.05) is 11.9 Å². The van der Waals surface area contributed by atoms with Crippen LogP contribution in [-0.2, 0) is 9.53 Å². The largest absolute Gasteiger partial charge is 0.452 e. The predicted octanol–water partition coefficient (Wildman–Crippen LogP) is 3.01. The van der Waals surface area contributed by atoms with Crippen LogP contribution in [0, 0.1) is 24.0 Å². The molecule has 1 N–H and O–H groups in total. The van der Waals surface area contributed by atoms with E-state index in [2.05, 4.69) is 5.32 Å². The molecule has 0 saturated carbocycles. The van der Waals surface area contributed by atoms with Crippen LogP contribution in [-0.4, -0.2) is 23.4 Å². The first-order valence-electron chi connectivity index (χ1n) is 7.15. The number of rotatable bonds is 5. The third kappa shape index (κ3) is 4.39. The predicted molar refractivity (Wildman–Crippen MR) is 87.9 cm³/mol. The molecule has 0 aromatic heterocycles. The first-order valence-corrected chi connectivity index (χ1v) is 7.15. The van der Waals surface area contributed by atoms with Gasteiger partial charge in [-0.15, -0.1) is 0 Å². The second kappa shape index (κ2) is 7.36. The molecule has 0 bridgehead atoms. The molecule has 0 aliphatic carbocycles. The van der Waals surface area contributed by atoms with Crippen molar-refractivity contribution in [3.63, 3.8) is 0 Å². The molecule has 7 nitrogen and oxygen atoms in total. The fraction of sp³-hybridized carbons (Fsp3) is 0.176. The molecule has 0 heterocycles. The smallest absolute Gasteiger partial charge is 0.338 e. The summed E-state index contributed by atoms with van der Waals surface area (Å²) in [6.45, 7) is 3.20. The fourth-order valence-corrected chi connectivity index (χ4v) is 2.03. The molecule has 2 aromatic carbocycles. The summed E-state index contributed by atoms with van der Waals surface area (Å²) in [6.07, 6.45) is 0. The van der Waals surface area contributed by atoms with Gasteiger partial charge in [-0.3, -0.25) is 14.9 Å². The molecule has 0 unspecified atom stereocenters. The van der Waals surface area contributed by atoms with E-state index in [0.717, 1.165) is 11.1 Å². The van der Waals surface area contributed by atoms with Crippen molar-refractivity contribution in [2.45, 2.75) is 13.8 Å². The van der Waals surface area contributed by atoms with Crippen LogP contribution in [0.2, 0.25) is 0 Å². The third-order valence-electron chi connectivity index (χ3n) is 3.31. The van der Waals surface area contributed by atoms with E-state index in [1.165, 1.54) is 24.3 Å². The molecule has 124 valence electrons. The number of nitro groups is 1. The van der Waals surface area contributed by atoms with Gasteiger partial charge in [-0.1, -0.05) is 17.7 Å². The fourth-order valence-electron chi connectivity index (χ4n) is 2.03. The van der Waals surface area contributed by atoms with Crippen LogP contribution in [0.1, 0.15) is 21.5 Å². The summed E-state index contributed by atoms with van der Waals surface area (Å²) in [7, 11) is 0. The van der Waals surface area contributed by atoms with Crippen molar-refractivity contribution < 1.29 is 19.2 Å². The number of hydrogen-bond acceptors (Lipinski definition) is 5. The maximum atomic E-state index is 12.0. The van der Waals surface area contributed by atoms with Crippen molar-refractivity contribution in [1.29, 1.82) is 0 Å². The lowest BCUT2D eigenvalue weighted by molar-refractivity contribution is -0.384. The average molecular weight is 328 g/mol. The van der Waals surface area contributed by atoms with Crippen molar-refractivity contribution in [3.8, 4) is 0 Å². The van der Waals surface area contributed by atoms with E-state index in [4.69, 9.17) is 4.74 Å². The topological polar surface area (TPSA) is 98.5 Å². The van der Waals surface area contributed by atoms with Crippen LogP contribution in [0.4, 0.5) is 11.4 Å². The maximum absolute atomic E-state index is 12.0. The number of non-ortho nitro benzene ring substituents is 1. The first kappa shape index (κ1) is 17.1. The number of hydrogen-bond donors (Lipinski definition) is 1. The second-order valence-corrected chi connectivity index (χ2v) is 5.25. The summed E-state index contributed by atoms with van der Waals surface area (Å²) in [5, 5.41) is 13.1. The summed E-state index contributed by atoms with van der Waals surface area (Å²) in [6, 6.07) is 10.8. The standard InChI is InChI=1S/C17H16N2O5/c1-11-3-4-12(2)15(9-11)17(21)24-10-16(20)18-13-5-7-14(8-6-13)19(22)23/h3-9H,10H2,1-2H3,(H,18,20). The number of esters is 1. The lowest BCUT2D eigenvalue weighted by atomic mass is 10.1. The zero-order valence-corrected chi connectivity index (χ0v) is 13.2. The number of ether oxygens (including phenoxy) is 1. The van der Waals surface area contributed by atoms with Gasteiger partial charge in [0.15, 0.2) is 6.61 Å². The summed E-state index contributed by atoms with van der Waals surface area (Å²) < 4.78 is 5.00. The quantitative estimate of drug-likeness (QED) is 0.517. The van der Waals surface area contributed by atoms with E-state index in [1.807, 2.05) is 19.1 Å². The molecular formula is C17H16N2O5. The van der Waals surface area contributed by atoms with Gasteiger partial charge in [-0.25, -0.2) is 4.79 Å². The number of amides is 1. The lowest BCUT2D eigenvalue weighted by Crippen LogP contribution is -2.21. The number of carbonyl (C=O) groups excluding carboxylic acids is 2. The SMILES string of the molecule is Cc1ccc(C)c(C(=O)OCC(=O)Nc2ccc([N+](=O)[O-])cc2)c1. The maximum Gasteiger partial charge on any atom is 0.338 e. The summed E-state index contributed by atoms with van der Waals surface area (Å²) in [4.78, 5) is 33.8. The van der Waals surface area contributed by atoms with E-state index < -0.39 is 23.4 Å². The van der Waals surface area contributed by atoms with Gasteiger partial charge in [0.2, 0.25) is 0 Å². The Morgan fingerprint density at radius 2 is 1.79 bits per heavy atom. The van der Waals surface area contributed by atoms with Gasteiger partial charge in [-0.05, 0) is 37.6 Å². The van der Waals surface area contributed by atoms with E-state index in [9.17, 15) is 19.7 Å². The lowest BCUT2D eigenvalue weighted by Gasteiger charge is -2.08. The molecule has 2 aromatic rings. The highest BCUT2D eigenvalue weighted by molar-refractivity contribution is 5.96. The van der Waals surface area contributed by atoms with Crippen LogP contribution < -0.4 is 5.32 Å². The summed E-state index contributed by atoms with van der Waals surface area (Å²) >= 11 is 0. The van der Waals surface area contributed by atoms with Gasteiger partial charge in [-0.2, -0.15) is 0 Å². The van der Waals surface area contributed by atoms with Crippen LogP contribution in [0.15, 0.2) is 42.5 Å². The molecule has 24 heavy (non-hydrogen) atoms. The molecular weight excluding hydrogens is 312 g/mol. The highest BCUT2D eigenvalue weighted by Crippen LogP contribution is 2.15. The Morgan fingerprint density at radius 1 is 1.12 bits per heavy atom. The van der Waals surface area contributed by atoms with Crippen molar-refractivity contribution >= 4 is 23.3 Å². The number of benzene rings is 2. The van der Waals surface area contributed by atoms with E-state index >= 15 is 0 Å². The number of carbonyl (C=O) groups is 2. The van der Waals surface area contributed by atoms with Crippen LogP contribution >= 0.6 is 0 Å². The number of anilines is 1. The Kier molecular flexibility index (Phi) is 5.26. The Hall–Kier alpha value is -3.22. The van der Waals surface area contributed by atoms with E-state index in [0.29, 0.717) is 11.3 Å². The van der Waals surface area contributed by atoms with Crippen molar-refractivity contribution in [3.05, 3.63) is 69.3 Å². The van der Waals surface area contributed by atoms with Gasteiger partial charge in [0.25, 0.3) is 11.6 Å². The monoisotopic (exact) mass is 328 g/mol. The molecule has 0 radical (unpaired) electrons. The molecule has 7 heteroatoms. The van der Waals surface area contributed by atoms with E-state index in [1.54, 1.807) is 13.0 Å². The summed E-state index contributed by atoms with van der Waals surface area (Å²) in [5.41, 5.74) is 2.41. The Bertz CT molecular complexity index is 784. The zero-order valence-electron chi connectivity index (χ0n) is 13.2. The molecule has 1 amide bonds. The molecule has 2 rings (SSSR count). The van der Waals surface area contributed by atoms with Crippen LogP contribution in [0.5, 0.6) is 0 Å². The number of aryl methyl sites for hydroxylation is 2. The van der Waals surface area contributed by atoms with Gasteiger partial charge in [0, 0.05) is 17.8 Å². The van der Waals surface area contributed by atoms with Gasteiger partial charge in [0.05, 0.1) is 10.5 Å². The average Bonchev–Trinajstić information content (AvgIpc) is 2.55. The van der Waals surface area contributed by atoms with Gasteiger partial charge in [0.1, 0.15) is 0 Å². The minimum atomic E-state index is -0.574. The summed E-state index contributed by atoms with van der Waals surface area (Å²) in [5.74, 6) is -1.10. The Labute approximate surface area is 138 Å². The third-order valence-corrected chi connectivity index (χ3v) is 3.31. The minimum Gasteiger partial charge on any atom is -0.452 e. The Morgan fingerprint density at radius 3 is 2.42 bits per heavy atom. The van der Waals surface area contributed by atoms with E-state index in [-0.39, 0.29) is 5.69 Å².